The lowest BCUT2D eigenvalue weighted by atomic mass is 10.0. The zero-order valence-corrected chi connectivity index (χ0v) is 12.1. The molecule has 1 saturated heterocycles. The topological polar surface area (TPSA) is 24.5 Å². The Bertz CT molecular complexity index is 426. The van der Waals surface area contributed by atoms with E-state index in [-0.39, 0.29) is 5.75 Å². The van der Waals surface area contributed by atoms with Crippen LogP contribution < -0.4 is 10.1 Å². The van der Waals surface area contributed by atoms with Gasteiger partial charge in [0.2, 0.25) is 0 Å². The second kappa shape index (κ2) is 7.02. The van der Waals surface area contributed by atoms with Gasteiger partial charge in [-0.15, -0.1) is 13.2 Å². The van der Waals surface area contributed by atoms with Crippen molar-refractivity contribution in [2.45, 2.75) is 38.6 Å². The van der Waals surface area contributed by atoms with Gasteiger partial charge in [0.1, 0.15) is 5.75 Å². The Balaban J connectivity index is 1.81. The third kappa shape index (κ3) is 5.46. The van der Waals surface area contributed by atoms with E-state index in [4.69, 9.17) is 0 Å². The zero-order valence-electron chi connectivity index (χ0n) is 12.1. The molecule has 1 aromatic carbocycles. The number of halogens is 3. The van der Waals surface area contributed by atoms with Gasteiger partial charge in [0.25, 0.3) is 0 Å². The molecule has 1 aliphatic heterocycles. The molecule has 118 valence electrons. The average Bonchev–Trinajstić information content (AvgIpc) is 2.42. The Morgan fingerprint density at radius 1 is 1.19 bits per heavy atom. The number of likely N-dealkylation sites (tertiary alicyclic amines) is 1. The second-order valence-corrected chi connectivity index (χ2v) is 5.33. The van der Waals surface area contributed by atoms with E-state index in [1.54, 1.807) is 12.1 Å². The van der Waals surface area contributed by atoms with Gasteiger partial charge in [-0.25, -0.2) is 0 Å². The molecular weight excluding hydrogens is 281 g/mol. The van der Waals surface area contributed by atoms with Crippen molar-refractivity contribution in [3.05, 3.63) is 24.3 Å². The minimum atomic E-state index is -4.64. The van der Waals surface area contributed by atoms with Crippen molar-refractivity contribution < 1.29 is 17.9 Å². The van der Waals surface area contributed by atoms with Crippen molar-refractivity contribution in [3.63, 3.8) is 0 Å². The third-order valence-electron chi connectivity index (χ3n) is 3.59. The molecule has 0 amide bonds. The average molecular weight is 302 g/mol. The highest BCUT2D eigenvalue weighted by atomic mass is 19.4. The van der Waals surface area contributed by atoms with E-state index in [2.05, 4.69) is 21.9 Å². The van der Waals surface area contributed by atoms with Crippen LogP contribution in [0, 0.1) is 0 Å². The van der Waals surface area contributed by atoms with Crippen LogP contribution in [0.15, 0.2) is 24.3 Å². The first-order valence-electron chi connectivity index (χ1n) is 7.31. The number of benzene rings is 1. The molecule has 0 aliphatic carbocycles. The molecule has 3 nitrogen and oxygen atoms in total. The maximum Gasteiger partial charge on any atom is 0.573 e. The van der Waals surface area contributed by atoms with Gasteiger partial charge in [-0.3, -0.25) is 0 Å². The number of alkyl halides is 3. The van der Waals surface area contributed by atoms with E-state index in [0.29, 0.717) is 6.04 Å². The van der Waals surface area contributed by atoms with Crippen LogP contribution in [0.2, 0.25) is 0 Å². The SMILES string of the molecule is CCCN1CCC(Nc2ccc(OC(F)(F)F)cc2)CC1. The molecule has 0 radical (unpaired) electrons. The first-order chi connectivity index (χ1) is 9.96. The maximum atomic E-state index is 12.1. The molecule has 1 N–H and O–H groups in total. The highest BCUT2D eigenvalue weighted by Crippen LogP contribution is 2.25. The number of ether oxygens (including phenoxy) is 1. The fourth-order valence-corrected chi connectivity index (χ4v) is 2.61. The van der Waals surface area contributed by atoms with Crippen molar-refractivity contribution in [1.82, 2.24) is 4.90 Å². The molecule has 0 atom stereocenters. The van der Waals surface area contributed by atoms with Gasteiger partial charge >= 0.3 is 6.36 Å². The number of anilines is 1. The maximum absolute atomic E-state index is 12.1. The number of nitrogens with one attached hydrogen (secondary N) is 1. The molecule has 0 bridgehead atoms. The van der Waals surface area contributed by atoms with Crippen LogP contribution in [0.4, 0.5) is 18.9 Å². The van der Waals surface area contributed by atoms with Crippen molar-refractivity contribution in [1.29, 1.82) is 0 Å². The molecule has 21 heavy (non-hydrogen) atoms. The first kappa shape index (κ1) is 15.9. The van der Waals surface area contributed by atoms with Crippen LogP contribution in [0.3, 0.4) is 0 Å². The van der Waals surface area contributed by atoms with Crippen molar-refractivity contribution >= 4 is 5.69 Å². The second-order valence-electron chi connectivity index (χ2n) is 5.33. The normalized spacial score (nSPS) is 17.7. The predicted octanol–water partition coefficient (Wildman–Crippen LogP) is 3.87. The quantitative estimate of drug-likeness (QED) is 0.893. The van der Waals surface area contributed by atoms with Gasteiger partial charge in [0, 0.05) is 24.8 Å². The number of hydrogen-bond donors (Lipinski definition) is 1. The number of nitrogens with zero attached hydrogens (tertiary/aromatic N) is 1. The molecule has 1 aliphatic rings. The van der Waals surface area contributed by atoms with Crippen LogP contribution in [0.25, 0.3) is 0 Å². The summed E-state index contributed by atoms with van der Waals surface area (Å²) in [6.07, 6.45) is -1.36. The van der Waals surface area contributed by atoms with E-state index < -0.39 is 6.36 Å². The minimum absolute atomic E-state index is 0.189. The fraction of sp³-hybridized carbons (Fsp3) is 0.600. The zero-order chi connectivity index (χ0) is 15.3. The molecule has 1 heterocycles. The van der Waals surface area contributed by atoms with Crippen LogP contribution >= 0.6 is 0 Å². The monoisotopic (exact) mass is 302 g/mol. The lowest BCUT2D eigenvalue weighted by Crippen LogP contribution is -2.39. The first-order valence-corrected chi connectivity index (χ1v) is 7.31. The van der Waals surface area contributed by atoms with Gasteiger partial charge in [0.05, 0.1) is 0 Å². The minimum Gasteiger partial charge on any atom is -0.406 e. The Hall–Kier alpha value is -1.43. The summed E-state index contributed by atoms with van der Waals surface area (Å²) in [5.41, 5.74) is 0.832. The van der Waals surface area contributed by atoms with Crippen LogP contribution in [-0.4, -0.2) is 36.9 Å². The van der Waals surface area contributed by atoms with Gasteiger partial charge in [-0.2, -0.15) is 0 Å². The molecule has 0 saturated carbocycles. The number of rotatable bonds is 5. The lowest BCUT2D eigenvalue weighted by Gasteiger charge is -2.32. The Labute approximate surface area is 123 Å². The molecule has 0 spiro atoms. The summed E-state index contributed by atoms with van der Waals surface area (Å²) >= 11 is 0. The largest absolute Gasteiger partial charge is 0.573 e. The summed E-state index contributed by atoms with van der Waals surface area (Å²) in [5.74, 6) is -0.189. The molecule has 2 rings (SSSR count). The van der Waals surface area contributed by atoms with Crippen LogP contribution in [-0.2, 0) is 0 Å². The molecule has 0 unspecified atom stereocenters. The lowest BCUT2D eigenvalue weighted by molar-refractivity contribution is -0.274. The van der Waals surface area contributed by atoms with E-state index in [1.807, 2.05) is 0 Å². The Morgan fingerprint density at radius 2 is 1.81 bits per heavy atom. The fourth-order valence-electron chi connectivity index (χ4n) is 2.61. The van der Waals surface area contributed by atoms with Crippen molar-refractivity contribution in [3.8, 4) is 5.75 Å². The van der Waals surface area contributed by atoms with Gasteiger partial charge in [0.15, 0.2) is 0 Å². The number of hydrogen-bond acceptors (Lipinski definition) is 3. The summed E-state index contributed by atoms with van der Waals surface area (Å²) in [4.78, 5) is 2.44. The van der Waals surface area contributed by atoms with E-state index in [9.17, 15) is 13.2 Å². The standard InChI is InChI=1S/C15H21F3N2O/c1-2-9-20-10-7-13(8-11-20)19-12-3-5-14(6-4-12)21-15(16,17)18/h3-6,13,19H,2,7-11H2,1H3. The van der Waals surface area contributed by atoms with Crippen LogP contribution in [0.5, 0.6) is 5.75 Å². The van der Waals surface area contributed by atoms with Gasteiger partial charge in [-0.1, -0.05) is 6.92 Å². The number of piperidine rings is 1. The van der Waals surface area contributed by atoms with E-state index in [1.165, 1.54) is 18.6 Å². The smallest absolute Gasteiger partial charge is 0.406 e. The summed E-state index contributed by atoms with van der Waals surface area (Å²) in [7, 11) is 0. The predicted molar refractivity (Wildman–Crippen MR) is 76.5 cm³/mol. The van der Waals surface area contributed by atoms with Crippen molar-refractivity contribution in [2.24, 2.45) is 0 Å². The van der Waals surface area contributed by atoms with E-state index >= 15 is 0 Å². The van der Waals surface area contributed by atoms with Gasteiger partial charge in [-0.05, 0) is 50.1 Å². The Kier molecular flexibility index (Phi) is 5.33. The summed E-state index contributed by atoms with van der Waals surface area (Å²) in [6, 6.07) is 6.30. The van der Waals surface area contributed by atoms with Crippen LogP contribution in [0.1, 0.15) is 26.2 Å². The molecule has 0 aromatic heterocycles. The molecule has 1 fully saturated rings. The Morgan fingerprint density at radius 3 is 2.33 bits per heavy atom. The van der Waals surface area contributed by atoms with E-state index in [0.717, 1.165) is 38.2 Å². The summed E-state index contributed by atoms with van der Waals surface area (Å²) < 4.78 is 40.1. The molecule has 6 heteroatoms. The third-order valence-corrected chi connectivity index (χ3v) is 3.59. The van der Waals surface area contributed by atoms with Gasteiger partial charge < -0.3 is 15.0 Å². The highest BCUT2D eigenvalue weighted by molar-refractivity contribution is 5.47. The van der Waals surface area contributed by atoms with Crippen molar-refractivity contribution in [2.75, 3.05) is 25.0 Å². The summed E-state index contributed by atoms with van der Waals surface area (Å²) in [6.45, 7) is 5.45. The molecular formula is C15H21F3N2O. The molecule has 1 aromatic rings. The summed E-state index contributed by atoms with van der Waals surface area (Å²) in [5, 5.41) is 3.37. The highest BCUT2D eigenvalue weighted by Gasteiger charge is 2.31.